The van der Waals surface area contributed by atoms with Crippen LogP contribution < -0.4 is 5.32 Å². The van der Waals surface area contributed by atoms with Crippen LogP contribution in [0.5, 0.6) is 0 Å². The van der Waals surface area contributed by atoms with Crippen molar-refractivity contribution in [2.45, 2.75) is 44.4 Å². The predicted octanol–water partition coefficient (Wildman–Crippen LogP) is 3.29. The molecule has 0 radical (unpaired) electrons. The van der Waals surface area contributed by atoms with Crippen LogP contribution in [-0.2, 0) is 9.53 Å². The number of hydrogen-bond donors (Lipinski definition) is 1. The molecule has 0 aromatic heterocycles. The van der Waals surface area contributed by atoms with Gasteiger partial charge >= 0.3 is 12.1 Å². The highest BCUT2D eigenvalue weighted by atomic mass is 79.9. The van der Waals surface area contributed by atoms with E-state index in [0.29, 0.717) is 0 Å². The van der Waals surface area contributed by atoms with E-state index in [1.165, 1.54) is 0 Å². The number of hydrogen-bond acceptors (Lipinski definition) is 2. The molecule has 1 rings (SSSR count). The van der Waals surface area contributed by atoms with Crippen molar-refractivity contribution in [2.24, 2.45) is 0 Å². The summed E-state index contributed by atoms with van der Waals surface area (Å²) in [5.74, 6) is -1.93. The third kappa shape index (κ3) is 6.42. The molecule has 1 unspecified atom stereocenters. The maximum Gasteiger partial charge on any atom is 0.471 e. The first-order chi connectivity index (χ1) is 8.91. The molecule has 3 nitrogen and oxygen atoms in total. The smallest absolute Gasteiger partial charge is 0.371 e. The number of ether oxygens (including phenoxy) is 1. The summed E-state index contributed by atoms with van der Waals surface area (Å²) >= 11 is 3.42. The molecule has 19 heavy (non-hydrogen) atoms. The molecule has 0 fully saturated rings. The zero-order valence-corrected chi connectivity index (χ0v) is 12.0. The molecule has 1 atom stereocenters. The Morgan fingerprint density at radius 1 is 1.42 bits per heavy atom. The minimum atomic E-state index is -4.83. The maximum atomic E-state index is 11.9. The number of amides is 1. The van der Waals surface area contributed by atoms with E-state index in [4.69, 9.17) is 4.74 Å². The topological polar surface area (TPSA) is 38.3 Å². The van der Waals surface area contributed by atoms with Crippen molar-refractivity contribution in [3.8, 4) is 0 Å². The zero-order chi connectivity index (χ0) is 14.3. The molecule has 1 aliphatic carbocycles. The Hall–Kier alpha value is -0.560. The molecule has 0 heterocycles. The largest absolute Gasteiger partial charge is 0.471 e. The molecule has 1 amide bonds. The minimum Gasteiger partial charge on any atom is -0.371 e. The molecule has 1 aliphatic rings. The van der Waals surface area contributed by atoms with E-state index in [9.17, 15) is 18.0 Å². The average molecular weight is 344 g/mol. The van der Waals surface area contributed by atoms with E-state index < -0.39 is 12.1 Å². The Morgan fingerprint density at radius 3 is 2.84 bits per heavy atom. The predicted molar refractivity (Wildman–Crippen MR) is 68.9 cm³/mol. The SMILES string of the molecule is O=C(NCCOC1CCCCC/C=C\1Br)C(F)(F)F. The zero-order valence-electron chi connectivity index (χ0n) is 10.4. The summed E-state index contributed by atoms with van der Waals surface area (Å²) in [4.78, 5) is 10.6. The van der Waals surface area contributed by atoms with E-state index in [-0.39, 0.29) is 19.3 Å². The summed E-state index contributed by atoms with van der Waals surface area (Å²) < 4.78 is 42.2. The Morgan fingerprint density at radius 2 is 2.16 bits per heavy atom. The van der Waals surface area contributed by atoms with Crippen LogP contribution in [0.4, 0.5) is 13.2 Å². The fourth-order valence-electron chi connectivity index (χ4n) is 1.79. The van der Waals surface area contributed by atoms with Crippen LogP contribution in [0.25, 0.3) is 0 Å². The lowest BCUT2D eigenvalue weighted by atomic mass is 10.0. The first-order valence-corrected chi connectivity index (χ1v) is 7.02. The van der Waals surface area contributed by atoms with Gasteiger partial charge in [0.2, 0.25) is 0 Å². The van der Waals surface area contributed by atoms with Crippen LogP contribution in [0.15, 0.2) is 10.6 Å². The van der Waals surface area contributed by atoms with Crippen molar-refractivity contribution in [1.82, 2.24) is 5.32 Å². The molecule has 0 saturated carbocycles. The molecule has 0 bridgehead atoms. The van der Waals surface area contributed by atoms with Crippen LogP contribution in [-0.4, -0.2) is 31.3 Å². The van der Waals surface area contributed by atoms with Gasteiger partial charge in [0, 0.05) is 11.0 Å². The van der Waals surface area contributed by atoms with Gasteiger partial charge in [-0.1, -0.05) is 34.8 Å². The highest BCUT2D eigenvalue weighted by Gasteiger charge is 2.38. The summed E-state index contributed by atoms with van der Waals surface area (Å²) in [6.07, 6.45) is 2.20. The Kier molecular flexibility index (Phi) is 6.85. The fraction of sp³-hybridized carbons (Fsp3) is 0.750. The van der Waals surface area contributed by atoms with Gasteiger partial charge in [0.25, 0.3) is 0 Å². The quantitative estimate of drug-likeness (QED) is 0.795. The Balaban J connectivity index is 2.27. The van der Waals surface area contributed by atoms with Gasteiger partial charge in [-0.25, -0.2) is 0 Å². The summed E-state index contributed by atoms with van der Waals surface area (Å²) in [5.41, 5.74) is 0. The number of allylic oxidation sites excluding steroid dienone is 1. The second kappa shape index (κ2) is 7.89. The second-order valence-electron chi connectivity index (χ2n) is 4.34. The van der Waals surface area contributed by atoms with E-state index in [1.54, 1.807) is 5.32 Å². The fourth-order valence-corrected chi connectivity index (χ4v) is 2.38. The molecule has 0 aromatic carbocycles. The van der Waals surface area contributed by atoms with Crippen LogP contribution in [0, 0.1) is 0 Å². The van der Waals surface area contributed by atoms with Crippen molar-refractivity contribution in [2.75, 3.05) is 13.2 Å². The summed E-state index contributed by atoms with van der Waals surface area (Å²) in [5, 5.41) is 1.78. The number of nitrogens with one attached hydrogen (secondary N) is 1. The lowest BCUT2D eigenvalue weighted by molar-refractivity contribution is -0.173. The molecule has 0 aliphatic heterocycles. The summed E-state index contributed by atoms with van der Waals surface area (Å²) in [6, 6.07) is 0. The maximum absolute atomic E-state index is 11.9. The second-order valence-corrected chi connectivity index (χ2v) is 5.26. The van der Waals surface area contributed by atoms with E-state index in [2.05, 4.69) is 15.9 Å². The number of carbonyl (C=O) groups is 1. The first-order valence-electron chi connectivity index (χ1n) is 6.23. The van der Waals surface area contributed by atoms with E-state index in [0.717, 1.165) is 36.6 Å². The number of halogens is 4. The highest BCUT2D eigenvalue weighted by Crippen LogP contribution is 2.24. The van der Waals surface area contributed by atoms with Crippen LogP contribution in [0.1, 0.15) is 32.1 Å². The molecular formula is C12H17BrF3NO2. The normalized spacial score (nSPS) is 24.0. The van der Waals surface area contributed by atoms with Gasteiger partial charge in [-0.05, 0) is 19.3 Å². The molecule has 7 heteroatoms. The summed E-state index contributed by atoms with van der Waals surface area (Å²) in [7, 11) is 0. The van der Waals surface area contributed by atoms with Crippen molar-refractivity contribution in [3.63, 3.8) is 0 Å². The molecule has 110 valence electrons. The lowest BCUT2D eigenvalue weighted by Crippen LogP contribution is -2.38. The third-order valence-corrected chi connectivity index (χ3v) is 3.62. The van der Waals surface area contributed by atoms with Crippen molar-refractivity contribution >= 4 is 21.8 Å². The molecule has 0 saturated heterocycles. The summed E-state index contributed by atoms with van der Waals surface area (Å²) in [6.45, 7) is -0.0788. The van der Waals surface area contributed by atoms with Crippen molar-refractivity contribution in [3.05, 3.63) is 10.6 Å². The number of carbonyl (C=O) groups excluding carboxylic acids is 1. The van der Waals surface area contributed by atoms with E-state index >= 15 is 0 Å². The number of alkyl halides is 3. The van der Waals surface area contributed by atoms with Crippen LogP contribution in [0.2, 0.25) is 0 Å². The van der Waals surface area contributed by atoms with Crippen molar-refractivity contribution < 1.29 is 22.7 Å². The number of rotatable bonds is 4. The molecule has 1 N–H and O–H groups in total. The van der Waals surface area contributed by atoms with Crippen LogP contribution in [0.3, 0.4) is 0 Å². The standard InChI is InChI=1S/C12H17BrF3NO2/c13-9-5-3-1-2-4-6-10(9)19-8-7-17-11(18)12(14,15)16/h5,10H,1-4,6-8H2,(H,17,18)/b9-5+. The molecule has 0 aromatic rings. The molecule has 0 spiro atoms. The van der Waals surface area contributed by atoms with Gasteiger partial charge in [0.15, 0.2) is 0 Å². The van der Waals surface area contributed by atoms with Gasteiger partial charge in [0.05, 0.1) is 12.7 Å². The van der Waals surface area contributed by atoms with Gasteiger partial charge in [-0.3, -0.25) is 4.79 Å². The van der Waals surface area contributed by atoms with Crippen LogP contribution >= 0.6 is 15.9 Å². The first kappa shape index (κ1) is 16.5. The minimum absolute atomic E-state index is 0.0649. The van der Waals surface area contributed by atoms with Gasteiger partial charge in [0.1, 0.15) is 0 Å². The van der Waals surface area contributed by atoms with Crippen molar-refractivity contribution in [1.29, 1.82) is 0 Å². The van der Waals surface area contributed by atoms with E-state index in [1.807, 2.05) is 6.08 Å². The average Bonchev–Trinajstić information content (AvgIpc) is 2.31. The Labute approximate surface area is 118 Å². The van der Waals surface area contributed by atoms with Gasteiger partial charge in [-0.15, -0.1) is 0 Å². The highest BCUT2D eigenvalue weighted by molar-refractivity contribution is 9.11. The van der Waals surface area contributed by atoms with Gasteiger partial charge in [-0.2, -0.15) is 13.2 Å². The Bertz CT molecular complexity index is 331. The lowest BCUT2D eigenvalue weighted by Gasteiger charge is -2.20. The third-order valence-electron chi connectivity index (χ3n) is 2.78. The van der Waals surface area contributed by atoms with Gasteiger partial charge < -0.3 is 10.1 Å². The molecular weight excluding hydrogens is 327 g/mol. The monoisotopic (exact) mass is 343 g/mol.